The van der Waals surface area contributed by atoms with Gasteiger partial charge in [-0.1, -0.05) is 19.1 Å². The zero-order valence-corrected chi connectivity index (χ0v) is 19.2. The van der Waals surface area contributed by atoms with Crippen molar-refractivity contribution in [2.75, 3.05) is 6.61 Å². The number of hydrogen-bond acceptors (Lipinski definition) is 5. The highest BCUT2D eigenvalue weighted by Crippen LogP contribution is 2.68. The molecule has 32 heavy (non-hydrogen) atoms. The Morgan fingerprint density at radius 1 is 1.25 bits per heavy atom. The first-order chi connectivity index (χ1) is 15.4. The van der Waals surface area contributed by atoms with Gasteiger partial charge in [0.05, 0.1) is 17.8 Å². The Balaban J connectivity index is 1.18. The average Bonchev–Trinajstić information content (AvgIpc) is 3.29. The smallest absolute Gasteiger partial charge is 0.141 e. The minimum Gasteiger partial charge on any atom is -0.484 e. The maximum Gasteiger partial charge on any atom is 0.141 e. The van der Waals surface area contributed by atoms with Gasteiger partial charge in [0.2, 0.25) is 0 Å². The van der Waals surface area contributed by atoms with Gasteiger partial charge in [0.25, 0.3) is 0 Å². The van der Waals surface area contributed by atoms with Crippen molar-refractivity contribution in [1.82, 2.24) is 20.0 Å². The highest BCUT2D eigenvalue weighted by molar-refractivity contribution is 5.84. The number of rotatable bonds is 5. The molecule has 2 atom stereocenters. The molecule has 0 radical (unpaired) electrons. The predicted octanol–water partition coefficient (Wildman–Crippen LogP) is 4.81. The molecule has 2 unspecified atom stereocenters. The Kier molecular flexibility index (Phi) is 4.42. The second kappa shape index (κ2) is 7.01. The molecule has 0 saturated heterocycles. The lowest BCUT2D eigenvalue weighted by atomic mass is 9.74. The number of hydrogen-bond donors (Lipinski definition) is 1. The quantitative estimate of drug-likeness (QED) is 0.626. The Hall–Kier alpha value is -2.47. The molecular weight excluding hydrogens is 400 g/mol. The Morgan fingerprint density at radius 2 is 2.09 bits per heavy atom. The third-order valence-corrected chi connectivity index (χ3v) is 8.26. The van der Waals surface area contributed by atoms with Gasteiger partial charge < -0.3 is 9.84 Å². The number of aliphatic hydroxyl groups excluding tert-OH is 1. The van der Waals surface area contributed by atoms with Crippen LogP contribution in [0, 0.1) is 16.7 Å². The topological polar surface area (TPSA) is 73.1 Å². The van der Waals surface area contributed by atoms with E-state index in [0.717, 1.165) is 42.6 Å². The summed E-state index contributed by atoms with van der Waals surface area (Å²) in [5.74, 6) is 1.36. The Labute approximate surface area is 189 Å². The van der Waals surface area contributed by atoms with Crippen LogP contribution in [0.15, 0.2) is 30.6 Å². The maximum atomic E-state index is 9.38. The summed E-state index contributed by atoms with van der Waals surface area (Å²) < 4.78 is 8.29. The molecule has 2 saturated carbocycles. The van der Waals surface area contributed by atoms with Gasteiger partial charge in [-0.2, -0.15) is 0 Å². The first-order valence-corrected chi connectivity index (χ1v) is 12.0. The molecule has 6 rings (SSSR count). The minimum atomic E-state index is -0.173. The molecule has 2 fully saturated rings. The lowest BCUT2D eigenvalue weighted by molar-refractivity contribution is 0.121. The van der Waals surface area contributed by atoms with Gasteiger partial charge in [0.1, 0.15) is 17.5 Å². The molecule has 2 aromatic heterocycles. The van der Waals surface area contributed by atoms with Crippen LogP contribution in [0.5, 0.6) is 5.75 Å². The number of fused-ring (bicyclic) bond motifs is 3. The van der Waals surface area contributed by atoms with E-state index in [9.17, 15) is 5.11 Å². The van der Waals surface area contributed by atoms with Crippen molar-refractivity contribution in [1.29, 1.82) is 0 Å². The van der Waals surface area contributed by atoms with E-state index in [1.54, 1.807) is 0 Å². The molecule has 3 aliphatic rings. The van der Waals surface area contributed by atoms with Gasteiger partial charge in [-0.25, -0.2) is 4.68 Å². The van der Waals surface area contributed by atoms with Gasteiger partial charge in [-0.3, -0.25) is 4.98 Å². The molecule has 168 valence electrons. The third kappa shape index (κ3) is 3.31. The van der Waals surface area contributed by atoms with Crippen molar-refractivity contribution in [3.05, 3.63) is 47.4 Å². The van der Waals surface area contributed by atoms with Crippen LogP contribution in [-0.2, 0) is 12.8 Å². The van der Waals surface area contributed by atoms with Crippen molar-refractivity contribution in [3.63, 3.8) is 0 Å². The largest absolute Gasteiger partial charge is 0.484 e. The number of nitrogens with zero attached hydrogens (tertiary/aromatic N) is 4. The van der Waals surface area contributed by atoms with Crippen LogP contribution in [0.2, 0.25) is 0 Å². The monoisotopic (exact) mass is 432 g/mol. The molecule has 3 aromatic rings. The normalized spacial score (nSPS) is 28.9. The SMILES string of the molecule is CC(Oc1ccc2ncc3c(c2c1)CCC(C)(C)C3)c1cn(C2CC3(C2)CC3CO)nn1. The molecule has 0 amide bonds. The van der Waals surface area contributed by atoms with E-state index >= 15 is 0 Å². The number of pyridine rings is 1. The highest BCUT2D eigenvalue weighted by Gasteiger charge is 2.61. The van der Waals surface area contributed by atoms with E-state index in [1.165, 1.54) is 29.4 Å². The van der Waals surface area contributed by atoms with Crippen molar-refractivity contribution in [2.24, 2.45) is 16.7 Å². The summed E-state index contributed by atoms with van der Waals surface area (Å²) in [4.78, 5) is 4.71. The van der Waals surface area contributed by atoms with Crippen molar-refractivity contribution in [2.45, 2.75) is 71.4 Å². The summed E-state index contributed by atoms with van der Waals surface area (Å²) in [5, 5.41) is 19.4. The van der Waals surface area contributed by atoms with Gasteiger partial charge >= 0.3 is 0 Å². The molecule has 3 aliphatic carbocycles. The number of aryl methyl sites for hydroxylation is 1. The zero-order valence-electron chi connectivity index (χ0n) is 19.2. The number of ether oxygens (including phenoxy) is 1. The fourth-order valence-corrected chi connectivity index (χ4v) is 6.03. The number of aliphatic hydroxyl groups is 1. The predicted molar refractivity (Wildman–Crippen MR) is 123 cm³/mol. The summed E-state index contributed by atoms with van der Waals surface area (Å²) in [6.45, 7) is 7.04. The first-order valence-electron chi connectivity index (χ1n) is 12.0. The summed E-state index contributed by atoms with van der Waals surface area (Å²) in [5.41, 5.74) is 5.43. The van der Waals surface area contributed by atoms with E-state index in [2.05, 4.69) is 42.5 Å². The fourth-order valence-electron chi connectivity index (χ4n) is 6.03. The van der Waals surface area contributed by atoms with Crippen LogP contribution >= 0.6 is 0 Å². The van der Waals surface area contributed by atoms with Crippen LogP contribution < -0.4 is 4.74 Å². The second-order valence-electron chi connectivity index (χ2n) is 11.2. The fraction of sp³-hybridized carbons (Fsp3) is 0.577. The van der Waals surface area contributed by atoms with Gasteiger partial charge in [0, 0.05) is 18.2 Å². The lowest BCUT2D eigenvalue weighted by Gasteiger charge is -2.36. The van der Waals surface area contributed by atoms with Crippen molar-refractivity contribution < 1.29 is 9.84 Å². The molecule has 1 aromatic carbocycles. The average molecular weight is 433 g/mol. The summed E-state index contributed by atoms with van der Waals surface area (Å²) in [6.07, 6.45) is 10.7. The molecule has 6 nitrogen and oxygen atoms in total. The van der Waals surface area contributed by atoms with E-state index in [0.29, 0.717) is 29.4 Å². The number of aromatic nitrogens is 4. The summed E-state index contributed by atoms with van der Waals surface area (Å²) >= 11 is 0. The zero-order chi connectivity index (χ0) is 22.1. The van der Waals surface area contributed by atoms with E-state index in [-0.39, 0.29) is 6.10 Å². The Morgan fingerprint density at radius 3 is 2.88 bits per heavy atom. The second-order valence-corrected chi connectivity index (χ2v) is 11.2. The van der Waals surface area contributed by atoms with Crippen molar-refractivity contribution in [3.8, 4) is 5.75 Å². The van der Waals surface area contributed by atoms with Crippen LogP contribution in [0.25, 0.3) is 10.9 Å². The molecule has 6 heteroatoms. The van der Waals surface area contributed by atoms with Crippen LogP contribution in [-0.4, -0.2) is 31.7 Å². The molecule has 2 heterocycles. The Bertz CT molecular complexity index is 1180. The molecule has 0 bridgehead atoms. The van der Waals surface area contributed by atoms with E-state index in [1.807, 2.05) is 23.9 Å². The molecule has 1 N–H and O–H groups in total. The molecule has 0 aliphatic heterocycles. The molecular formula is C26H32N4O2. The van der Waals surface area contributed by atoms with Gasteiger partial charge in [-0.15, -0.1) is 5.10 Å². The summed E-state index contributed by atoms with van der Waals surface area (Å²) in [6, 6.07) is 6.63. The van der Waals surface area contributed by atoms with E-state index < -0.39 is 0 Å². The van der Waals surface area contributed by atoms with Gasteiger partial charge in [0.15, 0.2) is 0 Å². The standard InChI is InChI=1S/C26H32N4O2/c1-16(24-14-30(29-28-24)19-11-26(12-19)10-18(26)15-31)32-20-4-5-23-22(8-20)21-6-7-25(2,3)9-17(21)13-27-23/h4-5,8,13-14,16,18-19,31H,6-7,9-12,15H2,1-3H3. The van der Waals surface area contributed by atoms with Crippen LogP contribution in [0.4, 0.5) is 0 Å². The van der Waals surface area contributed by atoms with Gasteiger partial charge in [-0.05, 0) is 91.5 Å². The molecule has 1 spiro atoms. The third-order valence-electron chi connectivity index (χ3n) is 8.26. The summed E-state index contributed by atoms with van der Waals surface area (Å²) in [7, 11) is 0. The van der Waals surface area contributed by atoms with E-state index in [4.69, 9.17) is 9.72 Å². The van der Waals surface area contributed by atoms with Crippen LogP contribution in [0.1, 0.15) is 75.4 Å². The minimum absolute atomic E-state index is 0.173. The first kappa shape index (κ1) is 20.2. The van der Waals surface area contributed by atoms with Crippen molar-refractivity contribution >= 4 is 10.9 Å². The lowest BCUT2D eigenvalue weighted by Crippen LogP contribution is -2.30. The maximum absolute atomic E-state index is 9.38. The number of benzene rings is 1. The highest BCUT2D eigenvalue weighted by atomic mass is 16.5. The van der Waals surface area contributed by atoms with Crippen LogP contribution in [0.3, 0.4) is 0 Å².